The monoisotopic (exact) mass is 404 g/mol. The summed E-state index contributed by atoms with van der Waals surface area (Å²) in [5.41, 5.74) is 3.87. The maximum absolute atomic E-state index is 12.5. The number of benzene rings is 2. The summed E-state index contributed by atoms with van der Waals surface area (Å²) in [6, 6.07) is 12.6. The first-order chi connectivity index (χ1) is 13.0. The van der Waals surface area contributed by atoms with Crippen LogP contribution < -0.4 is 14.4 Å². The van der Waals surface area contributed by atoms with E-state index in [4.69, 9.17) is 4.74 Å². The van der Waals surface area contributed by atoms with Gasteiger partial charge in [0.25, 0.3) is 5.91 Å². The SMILES string of the molecule is Cc1ccc(C)c([C@H](C)NC(=O)[C@@H](C)Oc2ccc(N(C)S(C)(=O)=O)cc2)c1. The number of carbonyl (C=O) groups is 1. The van der Waals surface area contributed by atoms with Gasteiger partial charge in [-0.05, 0) is 63.1 Å². The van der Waals surface area contributed by atoms with Gasteiger partial charge in [0, 0.05) is 7.05 Å². The van der Waals surface area contributed by atoms with Crippen LogP contribution in [0.3, 0.4) is 0 Å². The summed E-state index contributed by atoms with van der Waals surface area (Å²) in [5, 5.41) is 2.98. The van der Waals surface area contributed by atoms with Gasteiger partial charge in [-0.2, -0.15) is 0 Å². The van der Waals surface area contributed by atoms with Crippen LogP contribution in [0.2, 0.25) is 0 Å². The molecule has 0 aliphatic heterocycles. The van der Waals surface area contributed by atoms with E-state index in [1.54, 1.807) is 31.2 Å². The molecule has 0 radical (unpaired) electrons. The molecule has 0 saturated heterocycles. The molecule has 0 fully saturated rings. The Morgan fingerprint density at radius 2 is 1.68 bits per heavy atom. The van der Waals surface area contributed by atoms with Gasteiger partial charge >= 0.3 is 0 Å². The lowest BCUT2D eigenvalue weighted by Gasteiger charge is -2.21. The molecule has 0 aromatic heterocycles. The van der Waals surface area contributed by atoms with Gasteiger partial charge in [0.15, 0.2) is 6.10 Å². The number of carbonyl (C=O) groups excluding carboxylic acids is 1. The number of ether oxygens (including phenoxy) is 1. The minimum absolute atomic E-state index is 0.135. The number of nitrogens with one attached hydrogen (secondary N) is 1. The fourth-order valence-corrected chi connectivity index (χ4v) is 3.32. The fourth-order valence-electron chi connectivity index (χ4n) is 2.82. The van der Waals surface area contributed by atoms with Gasteiger partial charge in [-0.15, -0.1) is 0 Å². The third-order valence-electron chi connectivity index (χ3n) is 4.64. The molecule has 152 valence electrons. The molecule has 1 amide bonds. The highest BCUT2D eigenvalue weighted by Gasteiger charge is 2.19. The number of anilines is 1. The first-order valence-corrected chi connectivity index (χ1v) is 10.9. The van der Waals surface area contributed by atoms with E-state index in [1.807, 2.05) is 32.9 Å². The van der Waals surface area contributed by atoms with Crippen molar-refractivity contribution in [2.45, 2.75) is 39.8 Å². The Balaban J connectivity index is 2.01. The molecule has 0 heterocycles. The lowest BCUT2D eigenvalue weighted by atomic mass is 10.00. The van der Waals surface area contributed by atoms with Crippen molar-refractivity contribution in [3.05, 3.63) is 59.2 Å². The summed E-state index contributed by atoms with van der Waals surface area (Å²) < 4.78 is 30.1. The molecule has 2 aromatic carbocycles. The fraction of sp³-hybridized carbons (Fsp3) is 0.381. The number of aryl methyl sites for hydroxylation is 2. The maximum atomic E-state index is 12.5. The van der Waals surface area contributed by atoms with E-state index < -0.39 is 16.1 Å². The molecule has 7 heteroatoms. The van der Waals surface area contributed by atoms with Crippen LogP contribution in [0.4, 0.5) is 5.69 Å². The van der Waals surface area contributed by atoms with Gasteiger partial charge in [-0.1, -0.05) is 23.8 Å². The van der Waals surface area contributed by atoms with Crippen LogP contribution in [-0.2, 0) is 14.8 Å². The van der Waals surface area contributed by atoms with Crippen molar-refractivity contribution in [1.29, 1.82) is 0 Å². The second kappa shape index (κ2) is 8.65. The third kappa shape index (κ3) is 5.48. The smallest absolute Gasteiger partial charge is 0.261 e. The zero-order chi connectivity index (χ0) is 21.1. The standard InChI is InChI=1S/C21H28N2O4S/c1-14-7-8-15(2)20(13-14)16(3)22-21(24)17(4)27-19-11-9-18(10-12-19)23(5)28(6,25)26/h7-13,16-17H,1-6H3,(H,22,24)/t16-,17+/m0/s1. The Morgan fingerprint density at radius 3 is 2.25 bits per heavy atom. The van der Waals surface area contributed by atoms with Crippen molar-refractivity contribution >= 4 is 21.6 Å². The van der Waals surface area contributed by atoms with Crippen LogP contribution in [0.15, 0.2) is 42.5 Å². The molecular formula is C21H28N2O4S. The Morgan fingerprint density at radius 1 is 1.07 bits per heavy atom. The van der Waals surface area contributed by atoms with Crippen molar-refractivity contribution in [3.63, 3.8) is 0 Å². The first-order valence-electron chi connectivity index (χ1n) is 9.07. The highest BCUT2D eigenvalue weighted by Crippen LogP contribution is 2.22. The van der Waals surface area contributed by atoms with Gasteiger partial charge in [0.05, 0.1) is 18.0 Å². The largest absolute Gasteiger partial charge is 0.481 e. The summed E-state index contributed by atoms with van der Waals surface area (Å²) in [6.07, 6.45) is 0.451. The molecule has 6 nitrogen and oxygen atoms in total. The van der Waals surface area contributed by atoms with Crippen LogP contribution in [0.25, 0.3) is 0 Å². The van der Waals surface area contributed by atoms with Crippen molar-refractivity contribution in [2.75, 3.05) is 17.6 Å². The lowest BCUT2D eigenvalue weighted by Crippen LogP contribution is -2.38. The third-order valence-corrected chi connectivity index (χ3v) is 5.85. The molecule has 2 rings (SSSR count). The van der Waals surface area contributed by atoms with Crippen LogP contribution in [0.1, 0.15) is 36.6 Å². The number of rotatable bonds is 7. The number of amides is 1. The number of nitrogens with zero attached hydrogens (tertiary/aromatic N) is 1. The molecule has 2 atom stereocenters. The van der Waals surface area contributed by atoms with E-state index in [0.29, 0.717) is 11.4 Å². The molecule has 0 unspecified atom stereocenters. The van der Waals surface area contributed by atoms with E-state index in [2.05, 4.69) is 11.4 Å². The lowest BCUT2D eigenvalue weighted by molar-refractivity contribution is -0.127. The van der Waals surface area contributed by atoms with E-state index in [0.717, 1.165) is 22.9 Å². The van der Waals surface area contributed by atoms with Gasteiger partial charge in [-0.3, -0.25) is 9.10 Å². The average Bonchev–Trinajstić information content (AvgIpc) is 2.62. The second-order valence-electron chi connectivity index (χ2n) is 7.07. The Labute approximate surface area is 167 Å². The Kier molecular flexibility index (Phi) is 6.72. The predicted molar refractivity (Wildman–Crippen MR) is 112 cm³/mol. The molecule has 0 aliphatic rings. The van der Waals surface area contributed by atoms with Crippen molar-refractivity contribution in [2.24, 2.45) is 0 Å². The number of hydrogen-bond donors (Lipinski definition) is 1. The molecule has 0 spiro atoms. The minimum Gasteiger partial charge on any atom is -0.481 e. The highest BCUT2D eigenvalue weighted by atomic mass is 32.2. The average molecular weight is 405 g/mol. The zero-order valence-electron chi connectivity index (χ0n) is 17.2. The van der Waals surface area contributed by atoms with Gasteiger partial charge in [0.2, 0.25) is 10.0 Å². The quantitative estimate of drug-likeness (QED) is 0.768. The molecule has 1 N–H and O–H groups in total. The van der Waals surface area contributed by atoms with Crippen LogP contribution in [0, 0.1) is 13.8 Å². The summed E-state index contributed by atoms with van der Waals surface area (Å²) in [6.45, 7) is 7.67. The Bertz CT molecular complexity index is 939. The summed E-state index contributed by atoms with van der Waals surface area (Å²) in [5.74, 6) is 0.276. The van der Waals surface area contributed by atoms with Crippen LogP contribution in [0.5, 0.6) is 5.75 Å². The van der Waals surface area contributed by atoms with Crippen molar-refractivity contribution in [1.82, 2.24) is 5.32 Å². The molecule has 0 aliphatic carbocycles. The zero-order valence-corrected chi connectivity index (χ0v) is 18.0. The van der Waals surface area contributed by atoms with Crippen LogP contribution in [-0.4, -0.2) is 33.7 Å². The first kappa shape index (κ1) is 21.8. The van der Waals surface area contributed by atoms with E-state index in [1.165, 1.54) is 11.4 Å². The van der Waals surface area contributed by atoms with Gasteiger partial charge < -0.3 is 10.1 Å². The topological polar surface area (TPSA) is 75.7 Å². The maximum Gasteiger partial charge on any atom is 0.261 e. The number of hydrogen-bond acceptors (Lipinski definition) is 4. The predicted octanol–water partition coefficient (Wildman–Crippen LogP) is 3.34. The molecular weight excluding hydrogens is 376 g/mol. The molecule has 0 saturated carbocycles. The number of sulfonamides is 1. The molecule has 2 aromatic rings. The minimum atomic E-state index is -3.32. The summed E-state index contributed by atoms with van der Waals surface area (Å²) in [7, 11) is -1.84. The van der Waals surface area contributed by atoms with Crippen molar-refractivity contribution in [3.8, 4) is 5.75 Å². The van der Waals surface area contributed by atoms with Gasteiger partial charge in [0.1, 0.15) is 5.75 Å². The van der Waals surface area contributed by atoms with Crippen molar-refractivity contribution < 1.29 is 17.9 Å². The molecule has 0 bridgehead atoms. The normalized spacial score (nSPS) is 13.5. The molecule has 28 heavy (non-hydrogen) atoms. The highest BCUT2D eigenvalue weighted by molar-refractivity contribution is 7.92. The second-order valence-corrected chi connectivity index (χ2v) is 9.09. The van der Waals surface area contributed by atoms with Crippen LogP contribution >= 0.6 is 0 Å². The Hall–Kier alpha value is -2.54. The van der Waals surface area contributed by atoms with E-state index >= 15 is 0 Å². The van der Waals surface area contributed by atoms with E-state index in [-0.39, 0.29) is 11.9 Å². The summed E-state index contributed by atoms with van der Waals surface area (Å²) in [4.78, 5) is 12.5. The summed E-state index contributed by atoms with van der Waals surface area (Å²) >= 11 is 0. The van der Waals surface area contributed by atoms with E-state index in [9.17, 15) is 13.2 Å². The van der Waals surface area contributed by atoms with Gasteiger partial charge in [-0.25, -0.2) is 8.42 Å².